The zero-order chi connectivity index (χ0) is 15.2. The first kappa shape index (κ1) is 17.0. The van der Waals surface area contributed by atoms with E-state index < -0.39 is 11.9 Å². The number of hydrogen-bond donors (Lipinski definition) is 2. The Balaban J connectivity index is 2.60. The molecule has 1 rings (SSSR count). The molecular formula is C16H29NO3. The smallest absolute Gasteiger partial charge is 0.308 e. The quantitative estimate of drug-likeness (QED) is 0.719. The van der Waals surface area contributed by atoms with Gasteiger partial charge >= 0.3 is 5.97 Å². The Morgan fingerprint density at radius 1 is 1.25 bits per heavy atom. The van der Waals surface area contributed by atoms with Crippen molar-refractivity contribution < 1.29 is 14.7 Å². The Morgan fingerprint density at radius 3 is 2.30 bits per heavy atom. The molecule has 1 saturated carbocycles. The first-order chi connectivity index (χ1) is 9.41. The van der Waals surface area contributed by atoms with Crippen molar-refractivity contribution in [2.45, 2.75) is 65.7 Å². The lowest BCUT2D eigenvalue weighted by Gasteiger charge is -2.30. The third-order valence-corrected chi connectivity index (χ3v) is 4.34. The van der Waals surface area contributed by atoms with E-state index in [1.807, 2.05) is 6.92 Å². The van der Waals surface area contributed by atoms with Crippen molar-refractivity contribution in [3.63, 3.8) is 0 Å². The number of hydrogen-bond acceptors (Lipinski definition) is 2. The van der Waals surface area contributed by atoms with Crippen molar-refractivity contribution in [1.29, 1.82) is 0 Å². The SMILES string of the molecule is CCCC(CNC(=O)C1(CC(C)C)CCCC1)C(=O)O. The fourth-order valence-electron chi connectivity index (χ4n) is 3.42. The highest BCUT2D eigenvalue weighted by molar-refractivity contribution is 5.83. The predicted octanol–water partition coefficient (Wildman–Crippen LogP) is 3.21. The van der Waals surface area contributed by atoms with Crippen LogP contribution in [-0.2, 0) is 9.59 Å². The van der Waals surface area contributed by atoms with Crippen LogP contribution in [0.3, 0.4) is 0 Å². The van der Waals surface area contributed by atoms with Crippen LogP contribution in [0.1, 0.15) is 65.7 Å². The average Bonchev–Trinajstić information content (AvgIpc) is 2.82. The van der Waals surface area contributed by atoms with Gasteiger partial charge in [-0.15, -0.1) is 0 Å². The van der Waals surface area contributed by atoms with Gasteiger partial charge in [0.05, 0.1) is 5.92 Å². The van der Waals surface area contributed by atoms with Gasteiger partial charge in [-0.3, -0.25) is 9.59 Å². The summed E-state index contributed by atoms with van der Waals surface area (Å²) in [5.41, 5.74) is -0.247. The molecule has 0 aromatic carbocycles. The van der Waals surface area contributed by atoms with Gasteiger partial charge in [-0.05, 0) is 31.6 Å². The topological polar surface area (TPSA) is 66.4 Å². The molecule has 1 unspecified atom stereocenters. The zero-order valence-electron chi connectivity index (χ0n) is 13.1. The molecule has 0 bridgehead atoms. The Hall–Kier alpha value is -1.06. The predicted molar refractivity (Wildman–Crippen MR) is 79.4 cm³/mol. The van der Waals surface area contributed by atoms with E-state index in [1.165, 1.54) is 0 Å². The molecule has 0 aromatic rings. The Morgan fingerprint density at radius 2 is 1.85 bits per heavy atom. The van der Waals surface area contributed by atoms with E-state index in [0.29, 0.717) is 12.3 Å². The molecule has 1 fully saturated rings. The molecule has 116 valence electrons. The van der Waals surface area contributed by atoms with E-state index in [9.17, 15) is 9.59 Å². The minimum absolute atomic E-state index is 0.0750. The van der Waals surface area contributed by atoms with Crippen LogP contribution < -0.4 is 5.32 Å². The molecule has 0 spiro atoms. The molecule has 0 saturated heterocycles. The van der Waals surface area contributed by atoms with Gasteiger partial charge in [0.2, 0.25) is 5.91 Å². The number of nitrogens with one attached hydrogen (secondary N) is 1. The number of carboxylic acids is 1. The molecule has 0 heterocycles. The van der Waals surface area contributed by atoms with Crippen LogP contribution in [0, 0.1) is 17.3 Å². The zero-order valence-corrected chi connectivity index (χ0v) is 13.1. The van der Waals surface area contributed by atoms with Crippen LogP contribution in [0.4, 0.5) is 0 Å². The lowest BCUT2D eigenvalue weighted by molar-refractivity contribution is -0.142. The number of carbonyl (C=O) groups is 2. The molecule has 0 aromatic heterocycles. The van der Waals surface area contributed by atoms with E-state index in [1.54, 1.807) is 0 Å². The number of rotatable bonds is 8. The van der Waals surface area contributed by atoms with Crippen molar-refractivity contribution >= 4 is 11.9 Å². The Labute approximate surface area is 122 Å². The Bertz CT molecular complexity index is 333. The van der Waals surface area contributed by atoms with Crippen LogP contribution in [-0.4, -0.2) is 23.5 Å². The molecule has 0 radical (unpaired) electrons. The fourth-order valence-corrected chi connectivity index (χ4v) is 3.42. The summed E-state index contributed by atoms with van der Waals surface area (Å²) < 4.78 is 0. The summed E-state index contributed by atoms with van der Waals surface area (Å²) in [5.74, 6) is -0.700. The minimum Gasteiger partial charge on any atom is -0.481 e. The summed E-state index contributed by atoms with van der Waals surface area (Å²) >= 11 is 0. The van der Waals surface area contributed by atoms with Gasteiger partial charge in [0.1, 0.15) is 0 Å². The molecule has 1 aliphatic rings. The Kier molecular flexibility index (Phi) is 6.50. The van der Waals surface area contributed by atoms with Crippen LogP contribution in [0.2, 0.25) is 0 Å². The normalized spacial score (nSPS) is 19.0. The second-order valence-electron chi connectivity index (χ2n) is 6.62. The van der Waals surface area contributed by atoms with Crippen LogP contribution in [0.5, 0.6) is 0 Å². The van der Waals surface area contributed by atoms with Crippen molar-refractivity contribution in [1.82, 2.24) is 5.32 Å². The molecular weight excluding hydrogens is 254 g/mol. The van der Waals surface area contributed by atoms with Crippen LogP contribution >= 0.6 is 0 Å². The summed E-state index contributed by atoms with van der Waals surface area (Å²) in [7, 11) is 0. The fraction of sp³-hybridized carbons (Fsp3) is 0.875. The standard InChI is InChI=1S/C16H29NO3/c1-4-7-13(14(18)19)11-17-15(20)16(10-12(2)3)8-5-6-9-16/h12-13H,4-11H2,1-3H3,(H,17,20)(H,18,19). The van der Waals surface area contributed by atoms with E-state index in [2.05, 4.69) is 19.2 Å². The van der Waals surface area contributed by atoms with Crippen molar-refractivity contribution in [3.8, 4) is 0 Å². The molecule has 4 nitrogen and oxygen atoms in total. The summed E-state index contributed by atoms with van der Waals surface area (Å²) in [6, 6.07) is 0. The van der Waals surface area contributed by atoms with E-state index in [-0.39, 0.29) is 17.9 Å². The summed E-state index contributed by atoms with van der Waals surface area (Å²) in [6.07, 6.45) is 6.46. The first-order valence-corrected chi connectivity index (χ1v) is 7.92. The molecule has 1 atom stereocenters. The number of amides is 1. The highest BCUT2D eigenvalue weighted by Gasteiger charge is 2.41. The lowest BCUT2D eigenvalue weighted by Crippen LogP contribution is -2.43. The maximum atomic E-state index is 12.5. The highest BCUT2D eigenvalue weighted by Crippen LogP contribution is 2.43. The second-order valence-corrected chi connectivity index (χ2v) is 6.62. The summed E-state index contributed by atoms with van der Waals surface area (Å²) in [5, 5.41) is 12.1. The highest BCUT2D eigenvalue weighted by atomic mass is 16.4. The summed E-state index contributed by atoms with van der Waals surface area (Å²) in [6.45, 7) is 6.52. The minimum atomic E-state index is -0.809. The third-order valence-electron chi connectivity index (χ3n) is 4.34. The maximum absolute atomic E-state index is 12.5. The van der Waals surface area contributed by atoms with Gasteiger partial charge in [0, 0.05) is 12.0 Å². The number of carbonyl (C=O) groups excluding carboxylic acids is 1. The summed E-state index contributed by atoms with van der Waals surface area (Å²) in [4.78, 5) is 23.7. The maximum Gasteiger partial charge on any atom is 0.308 e. The van der Waals surface area contributed by atoms with E-state index >= 15 is 0 Å². The molecule has 4 heteroatoms. The van der Waals surface area contributed by atoms with Crippen molar-refractivity contribution in [2.24, 2.45) is 17.3 Å². The monoisotopic (exact) mass is 283 g/mol. The number of carboxylic acid groups (broad SMARTS) is 1. The largest absolute Gasteiger partial charge is 0.481 e. The molecule has 0 aliphatic heterocycles. The third kappa shape index (κ3) is 4.50. The van der Waals surface area contributed by atoms with Crippen molar-refractivity contribution in [3.05, 3.63) is 0 Å². The van der Waals surface area contributed by atoms with Gasteiger partial charge in [-0.1, -0.05) is 40.0 Å². The molecule has 20 heavy (non-hydrogen) atoms. The van der Waals surface area contributed by atoms with Gasteiger partial charge < -0.3 is 10.4 Å². The van der Waals surface area contributed by atoms with Crippen LogP contribution in [0.15, 0.2) is 0 Å². The van der Waals surface area contributed by atoms with Gasteiger partial charge in [0.15, 0.2) is 0 Å². The second kappa shape index (κ2) is 7.65. The lowest BCUT2D eigenvalue weighted by atomic mass is 9.77. The molecule has 1 amide bonds. The van der Waals surface area contributed by atoms with Gasteiger partial charge in [-0.2, -0.15) is 0 Å². The van der Waals surface area contributed by atoms with E-state index in [0.717, 1.165) is 38.5 Å². The van der Waals surface area contributed by atoms with Gasteiger partial charge in [-0.25, -0.2) is 0 Å². The molecule has 2 N–H and O–H groups in total. The number of aliphatic carboxylic acids is 1. The van der Waals surface area contributed by atoms with E-state index in [4.69, 9.17) is 5.11 Å². The molecule has 1 aliphatic carbocycles. The average molecular weight is 283 g/mol. The van der Waals surface area contributed by atoms with Crippen molar-refractivity contribution in [2.75, 3.05) is 6.54 Å². The van der Waals surface area contributed by atoms with Crippen LogP contribution in [0.25, 0.3) is 0 Å². The first-order valence-electron chi connectivity index (χ1n) is 7.92. The van der Waals surface area contributed by atoms with Gasteiger partial charge in [0.25, 0.3) is 0 Å².